The highest BCUT2D eigenvalue weighted by Gasteiger charge is 2.19. The molecule has 0 amide bonds. The molecule has 2 aromatic rings. The molecule has 108 valence electrons. The van der Waals surface area contributed by atoms with Crippen molar-refractivity contribution in [2.75, 3.05) is 13.7 Å². The molecule has 1 atom stereocenters. The fourth-order valence-electron chi connectivity index (χ4n) is 1.90. The van der Waals surface area contributed by atoms with Gasteiger partial charge in [-0.2, -0.15) is 5.10 Å². The van der Waals surface area contributed by atoms with Crippen molar-refractivity contribution >= 4 is 34.8 Å². The maximum absolute atomic E-state index is 6.27. The molecule has 1 aromatic carbocycles. The number of aromatic nitrogens is 2. The Bertz CT molecular complexity index is 601. The summed E-state index contributed by atoms with van der Waals surface area (Å²) >= 11 is 18.1. The van der Waals surface area contributed by atoms with E-state index >= 15 is 0 Å². The van der Waals surface area contributed by atoms with E-state index in [1.54, 1.807) is 30.1 Å². The molecule has 2 N–H and O–H groups in total. The molecule has 0 aliphatic rings. The van der Waals surface area contributed by atoms with Gasteiger partial charge in [0.25, 0.3) is 0 Å². The van der Waals surface area contributed by atoms with Gasteiger partial charge in [-0.3, -0.25) is 4.68 Å². The van der Waals surface area contributed by atoms with E-state index in [1.165, 1.54) is 0 Å². The molecule has 2 rings (SSSR count). The number of benzene rings is 1. The lowest BCUT2D eigenvalue weighted by Gasteiger charge is -2.16. The molecule has 1 unspecified atom stereocenters. The van der Waals surface area contributed by atoms with Crippen molar-refractivity contribution in [2.24, 2.45) is 5.73 Å². The van der Waals surface area contributed by atoms with E-state index in [2.05, 4.69) is 5.10 Å². The van der Waals surface area contributed by atoms with Crippen molar-refractivity contribution in [3.05, 3.63) is 50.7 Å². The van der Waals surface area contributed by atoms with E-state index < -0.39 is 6.04 Å². The van der Waals surface area contributed by atoms with Gasteiger partial charge in [-0.05, 0) is 17.7 Å². The first kappa shape index (κ1) is 15.6. The van der Waals surface area contributed by atoms with Crippen LogP contribution >= 0.6 is 34.8 Å². The van der Waals surface area contributed by atoms with Crippen LogP contribution in [-0.4, -0.2) is 23.5 Å². The van der Waals surface area contributed by atoms with Crippen LogP contribution in [0.3, 0.4) is 0 Å². The summed E-state index contributed by atoms with van der Waals surface area (Å²) in [4.78, 5) is 0. The van der Waals surface area contributed by atoms with Crippen LogP contribution in [-0.2, 0) is 11.3 Å². The molecule has 1 heterocycles. The maximum Gasteiger partial charge on any atom is 0.0837 e. The van der Waals surface area contributed by atoms with E-state index in [1.807, 2.05) is 6.07 Å². The minimum absolute atomic E-state index is 0.434. The van der Waals surface area contributed by atoms with E-state index in [0.717, 1.165) is 11.3 Å². The number of hydrogen-bond donors (Lipinski definition) is 1. The molecule has 0 aliphatic carbocycles. The van der Waals surface area contributed by atoms with Gasteiger partial charge in [-0.25, -0.2) is 0 Å². The van der Waals surface area contributed by atoms with Gasteiger partial charge in [0.1, 0.15) is 0 Å². The Morgan fingerprint density at radius 1 is 1.25 bits per heavy atom. The number of ether oxygens (including phenoxy) is 1. The SMILES string of the molecule is COCCn1ncc(Cl)c1C(N)c1ccc(Cl)c(Cl)c1. The predicted octanol–water partition coefficient (Wildman–Crippen LogP) is 3.54. The fraction of sp³-hybridized carbons (Fsp3) is 0.308. The number of rotatable bonds is 5. The van der Waals surface area contributed by atoms with Gasteiger partial charge < -0.3 is 10.5 Å². The topological polar surface area (TPSA) is 53.1 Å². The third kappa shape index (κ3) is 3.27. The van der Waals surface area contributed by atoms with Crippen LogP contribution in [0.15, 0.2) is 24.4 Å². The molecular weight excluding hydrogens is 321 g/mol. The molecule has 1 aromatic heterocycles. The van der Waals surface area contributed by atoms with Gasteiger partial charge in [0.05, 0.1) is 46.2 Å². The fourth-order valence-corrected chi connectivity index (χ4v) is 2.47. The quantitative estimate of drug-likeness (QED) is 0.910. The van der Waals surface area contributed by atoms with E-state index in [9.17, 15) is 0 Å². The Labute approximate surface area is 132 Å². The third-order valence-corrected chi connectivity index (χ3v) is 3.97. The lowest BCUT2D eigenvalue weighted by Crippen LogP contribution is -2.19. The third-order valence-electron chi connectivity index (χ3n) is 2.94. The smallest absolute Gasteiger partial charge is 0.0837 e. The van der Waals surface area contributed by atoms with Gasteiger partial charge in [0.15, 0.2) is 0 Å². The first-order chi connectivity index (χ1) is 9.54. The Hall–Kier alpha value is -0.780. The molecule has 0 saturated heterocycles. The molecule has 0 bridgehead atoms. The lowest BCUT2D eigenvalue weighted by molar-refractivity contribution is 0.182. The summed E-state index contributed by atoms with van der Waals surface area (Å²) in [5, 5.41) is 5.66. The highest BCUT2D eigenvalue weighted by molar-refractivity contribution is 6.42. The van der Waals surface area contributed by atoms with Crippen molar-refractivity contribution in [3.8, 4) is 0 Å². The van der Waals surface area contributed by atoms with Crippen LogP contribution in [0.25, 0.3) is 0 Å². The van der Waals surface area contributed by atoms with E-state index in [4.69, 9.17) is 45.3 Å². The number of hydrogen-bond acceptors (Lipinski definition) is 3. The zero-order valence-corrected chi connectivity index (χ0v) is 13.1. The van der Waals surface area contributed by atoms with Gasteiger partial charge in [-0.1, -0.05) is 40.9 Å². The molecule has 0 aliphatic heterocycles. The minimum atomic E-state index is -0.434. The van der Waals surface area contributed by atoms with Crippen LogP contribution < -0.4 is 5.73 Å². The summed E-state index contributed by atoms with van der Waals surface area (Å²) in [6, 6.07) is 4.83. The minimum Gasteiger partial charge on any atom is -0.383 e. The summed E-state index contributed by atoms with van der Waals surface area (Å²) < 4.78 is 6.78. The van der Waals surface area contributed by atoms with E-state index in [0.29, 0.717) is 28.2 Å². The zero-order chi connectivity index (χ0) is 14.7. The average Bonchev–Trinajstić information content (AvgIpc) is 2.80. The standard InChI is InChI=1S/C13H14Cl3N3O/c1-20-5-4-19-13(11(16)7-18-19)12(17)8-2-3-9(14)10(15)6-8/h2-3,6-7,12H,4-5,17H2,1H3. The van der Waals surface area contributed by atoms with Crippen molar-refractivity contribution < 1.29 is 4.74 Å². The van der Waals surface area contributed by atoms with Crippen LogP contribution in [0.5, 0.6) is 0 Å². The Kier molecular flexibility index (Phi) is 5.29. The molecular formula is C13H14Cl3N3O. The normalized spacial score (nSPS) is 12.7. The van der Waals surface area contributed by atoms with Gasteiger partial charge in [0.2, 0.25) is 0 Å². The summed E-state index contributed by atoms with van der Waals surface area (Å²) in [6.07, 6.45) is 1.57. The predicted molar refractivity (Wildman–Crippen MR) is 81.6 cm³/mol. The number of nitrogens with zero attached hydrogens (tertiary/aromatic N) is 2. The lowest BCUT2D eigenvalue weighted by atomic mass is 10.0. The Morgan fingerprint density at radius 2 is 2.00 bits per heavy atom. The van der Waals surface area contributed by atoms with E-state index in [-0.39, 0.29) is 0 Å². The van der Waals surface area contributed by atoms with Crippen LogP contribution in [0.2, 0.25) is 15.1 Å². The highest BCUT2D eigenvalue weighted by atomic mass is 35.5. The van der Waals surface area contributed by atoms with Crippen LogP contribution in [0.1, 0.15) is 17.3 Å². The Morgan fingerprint density at radius 3 is 2.65 bits per heavy atom. The summed E-state index contributed by atoms with van der Waals surface area (Å²) in [7, 11) is 1.63. The molecule has 20 heavy (non-hydrogen) atoms. The number of methoxy groups -OCH3 is 1. The van der Waals surface area contributed by atoms with Crippen molar-refractivity contribution in [1.82, 2.24) is 9.78 Å². The molecule has 7 heteroatoms. The van der Waals surface area contributed by atoms with Crippen molar-refractivity contribution in [2.45, 2.75) is 12.6 Å². The molecule has 0 spiro atoms. The van der Waals surface area contributed by atoms with Crippen LogP contribution in [0, 0.1) is 0 Å². The van der Waals surface area contributed by atoms with Crippen molar-refractivity contribution in [1.29, 1.82) is 0 Å². The number of nitrogens with two attached hydrogens (primary N) is 1. The summed E-state index contributed by atoms with van der Waals surface area (Å²) in [5.41, 5.74) is 7.81. The summed E-state index contributed by atoms with van der Waals surface area (Å²) in [6.45, 7) is 1.10. The molecule has 4 nitrogen and oxygen atoms in total. The first-order valence-corrected chi connectivity index (χ1v) is 7.08. The average molecular weight is 335 g/mol. The highest BCUT2D eigenvalue weighted by Crippen LogP contribution is 2.30. The molecule has 0 fully saturated rings. The monoisotopic (exact) mass is 333 g/mol. The largest absolute Gasteiger partial charge is 0.383 e. The second-order valence-electron chi connectivity index (χ2n) is 4.24. The molecule has 0 saturated carbocycles. The zero-order valence-electron chi connectivity index (χ0n) is 10.8. The van der Waals surface area contributed by atoms with Crippen LogP contribution in [0.4, 0.5) is 0 Å². The van der Waals surface area contributed by atoms with Gasteiger partial charge in [0, 0.05) is 7.11 Å². The van der Waals surface area contributed by atoms with Gasteiger partial charge >= 0.3 is 0 Å². The maximum atomic E-state index is 6.27. The van der Waals surface area contributed by atoms with Crippen molar-refractivity contribution in [3.63, 3.8) is 0 Å². The number of halogens is 3. The second kappa shape index (κ2) is 6.78. The first-order valence-electron chi connectivity index (χ1n) is 5.95. The molecule has 0 radical (unpaired) electrons. The second-order valence-corrected chi connectivity index (χ2v) is 5.47. The van der Waals surface area contributed by atoms with Gasteiger partial charge in [-0.15, -0.1) is 0 Å². The Balaban J connectivity index is 2.34. The summed E-state index contributed by atoms with van der Waals surface area (Å²) in [5.74, 6) is 0.